The van der Waals surface area contributed by atoms with Gasteiger partial charge in [-0.1, -0.05) is 29.8 Å². The van der Waals surface area contributed by atoms with Crippen LogP contribution in [0.2, 0.25) is 5.02 Å². The van der Waals surface area contributed by atoms with Gasteiger partial charge < -0.3 is 15.0 Å². The Morgan fingerprint density at radius 1 is 1.25 bits per heavy atom. The van der Waals surface area contributed by atoms with Gasteiger partial charge in [0.05, 0.1) is 5.69 Å². The number of nitrogens with zero attached hydrogens (tertiary/aromatic N) is 1. The van der Waals surface area contributed by atoms with Crippen LogP contribution in [0.3, 0.4) is 0 Å². The summed E-state index contributed by atoms with van der Waals surface area (Å²) in [7, 11) is 0. The molecule has 3 rings (SSSR count). The minimum Gasteiger partial charge on any atom is -0.479 e. The monoisotopic (exact) mass is 344 g/mol. The third-order valence-corrected chi connectivity index (χ3v) is 3.98. The first-order valence-electron chi connectivity index (χ1n) is 7.67. The molecule has 1 aliphatic rings. The molecule has 24 heavy (non-hydrogen) atoms. The Kier molecular flexibility index (Phi) is 4.71. The van der Waals surface area contributed by atoms with Crippen molar-refractivity contribution >= 4 is 34.8 Å². The van der Waals surface area contributed by atoms with E-state index in [0.29, 0.717) is 22.1 Å². The van der Waals surface area contributed by atoms with Crippen LogP contribution in [0.1, 0.15) is 13.3 Å². The van der Waals surface area contributed by atoms with Crippen molar-refractivity contribution in [3.63, 3.8) is 0 Å². The molecule has 0 fully saturated rings. The van der Waals surface area contributed by atoms with E-state index < -0.39 is 6.10 Å². The molecular formula is C18H17ClN2O3. The summed E-state index contributed by atoms with van der Waals surface area (Å²) >= 11 is 5.90. The number of carbonyl (C=O) groups is 2. The molecule has 2 amide bonds. The van der Waals surface area contributed by atoms with E-state index in [2.05, 4.69) is 5.32 Å². The summed E-state index contributed by atoms with van der Waals surface area (Å²) in [5, 5.41) is 3.33. The number of halogens is 1. The van der Waals surface area contributed by atoms with Crippen molar-refractivity contribution in [3.05, 3.63) is 53.6 Å². The maximum absolute atomic E-state index is 12.4. The first-order valence-corrected chi connectivity index (χ1v) is 8.05. The summed E-state index contributed by atoms with van der Waals surface area (Å²) in [5.41, 5.74) is 1.32. The quantitative estimate of drug-likeness (QED) is 0.923. The van der Waals surface area contributed by atoms with Crippen LogP contribution in [0.4, 0.5) is 11.4 Å². The summed E-state index contributed by atoms with van der Waals surface area (Å²) in [6.45, 7) is 1.99. The van der Waals surface area contributed by atoms with E-state index in [9.17, 15) is 9.59 Å². The van der Waals surface area contributed by atoms with Gasteiger partial charge in [-0.05, 0) is 37.3 Å². The van der Waals surface area contributed by atoms with Gasteiger partial charge >= 0.3 is 0 Å². The average molecular weight is 345 g/mol. The van der Waals surface area contributed by atoms with Crippen molar-refractivity contribution in [2.75, 3.05) is 16.8 Å². The maximum Gasteiger partial charge on any atom is 0.267 e. The first-order chi connectivity index (χ1) is 11.5. The van der Waals surface area contributed by atoms with Gasteiger partial charge in [-0.2, -0.15) is 0 Å². The smallest absolute Gasteiger partial charge is 0.267 e. The molecule has 0 aromatic heterocycles. The summed E-state index contributed by atoms with van der Waals surface area (Å²) in [5.74, 6) is 0.325. The number of fused-ring (bicyclic) bond motifs is 1. The van der Waals surface area contributed by atoms with Gasteiger partial charge in [-0.3, -0.25) is 9.59 Å². The molecule has 6 heteroatoms. The second kappa shape index (κ2) is 6.93. The molecule has 0 saturated heterocycles. The van der Waals surface area contributed by atoms with Crippen LogP contribution in [0.5, 0.6) is 5.75 Å². The lowest BCUT2D eigenvalue weighted by molar-refractivity contribution is -0.125. The topological polar surface area (TPSA) is 58.6 Å². The summed E-state index contributed by atoms with van der Waals surface area (Å²) in [6.07, 6.45) is -0.379. The first kappa shape index (κ1) is 16.3. The van der Waals surface area contributed by atoms with Gasteiger partial charge in [-0.15, -0.1) is 0 Å². The van der Waals surface area contributed by atoms with Gasteiger partial charge in [0.2, 0.25) is 5.91 Å². The highest BCUT2D eigenvalue weighted by Gasteiger charge is 2.31. The van der Waals surface area contributed by atoms with E-state index in [1.54, 1.807) is 36.1 Å². The standard InChI is InChI=1S/C18H17ClN2O3/c1-12-18(23)21(15-7-2-3-8-16(15)24-12)10-9-17(22)20-14-6-4-5-13(19)11-14/h2-8,11-12H,9-10H2,1H3,(H,20,22)/t12-/m0/s1. The Hall–Kier alpha value is -2.53. The van der Waals surface area contributed by atoms with Crippen molar-refractivity contribution in [2.24, 2.45) is 0 Å². The number of nitrogens with one attached hydrogen (secondary N) is 1. The SMILES string of the molecule is C[C@@H]1Oc2ccccc2N(CCC(=O)Nc2cccc(Cl)c2)C1=O. The zero-order chi connectivity index (χ0) is 17.1. The summed E-state index contributed by atoms with van der Waals surface area (Å²) in [4.78, 5) is 26.1. The summed E-state index contributed by atoms with van der Waals surface area (Å²) in [6, 6.07) is 14.3. The number of hydrogen-bond acceptors (Lipinski definition) is 3. The number of benzene rings is 2. The number of anilines is 2. The highest BCUT2D eigenvalue weighted by molar-refractivity contribution is 6.30. The van der Waals surface area contributed by atoms with E-state index in [4.69, 9.17) is 16.3 Å². The Morgan fingerprint density at radius 2 is 2.04 bits per heavy atom. The fourth-order valence-electron chi connectivity index (χ4n) is 2.59. The highest BCUT2D eigenvalue weighted by Crippen LogP contribution is 2.33. The number of amides is 2. The molecule has 0 radical (unpaired) electrons. The molecule has 1 heterocycles. The maximum atomic E-state index is 12.4. The average Bonchev–Trinajstić information content (AvgIpc) is 2.55. The minimum absolute atomic E-state index is 0.149. The number of para-hydroxylation sites is 2. The fraction of sp³-hybridized carbons (Fsp3) is 0.222. The Balaban J connectivity index is 1.67. The summed E-state index contributed by atoms with van der Waals surface area (Å²) < 4.78 is 5.58. The van der Waals surface area contributed by atoms with E-state index in [0.717, 1.165) is 0 Å². The van der Waals surface area contributed by atoms with E-state index >= 15 is 0 Å². The fourth-order valence-corrected chi connectivity index (χ4v) is 2.78. The van der Waals surface area contributed by atoms with Crippen molar-refractivity contribution < 1.29 is 14.3 Å². The van der Waals surface area contributed by atoms with Crippen molar-refractivity contribution in [3.8, 4) is 5.75 Å². The molecule has 0 unspecified atom stereocenters. The van der Waals surface area contributed by atoms with Gasteiger partial charge in [0.25, 0.3) is 5.91 Å². The largest absolute Gasteiger partial charge is 0.479 e. The van der Waals surface area contributed by atoms with Crippen LogP contribution in [0.15, 0.2) is 48.5 Å². The third kappa shape index (κ3) is 3.51. The van der Waals surface area contributed by atoms with Crippen LogP contribution < -0.4 is 15.0 Å². The minimum atomic E-state index is -0.559. The number of ether oxygens (including phenoxy) is 1. The molecule has 0 spiro atoms. The second-order valence-corrected chi connectivity index (χ2v) is 5.96. The van der Waals surface area contributed by atoms with Gasteiger partial charge in [0.1, 0.15) is 5.75 Å². The molecule has 1 atom stereocenters. The molecule has 2 aromatic rings. The van der Waals surface area contributed by atoms with Crippen LogP contribution >= 0.6 is 11.6 Å². The lowest BCUT2D eigenvalue weighted by atomic mass is 10.1. The highest BCUT2D eigenvalue weighted by atomic mass is 35.5. The molecule has 1 N–H and O–H groups in total. The molecular weight excluding hydrogens is 328 g/mol. The molecule has 5 nitrogen and oxygen atoms in total. The molecule has 0 aliphatic carbocycles. The zero-order valence-electron chi connectivity index (χ0n) is 13.2. The van der Waals surface area contributed by atoms with Gasteiger partial charge in [0, 0.05) is 23.7 Å². The predicted molar refractivity (Wildman–Crippen MR) is 93.6 cm³/mol. The molecule has 0 bridgehead atoms. The van der Waals surface area contributed by atoms with E-state index in [-0.39, 0.29) is 24.8 Å². The van der Waals surface area contributed by atoms with Crippen LogP contribution in [-0.2, 0) is 9.59 Å². The number of rotatable bonds is 4. The third-order valence-electron chi connectivity index (χ3n) is 3.74. The normalized spacial score (nSPS) is 16.3. The Bertz CT molecular complexity index is 778. The number of hydrogen-bond donors (Lipinski definition) is 1. The lowest BCUT2D eigenvalue weighted by Crippen LogP contribution is -2.45. The molecule has 0 saturated carbocycles. The van der Waals surface area contributed by atoms with Gasteiger partial charge in [-0.25, -0.2) is 0 Å². The van der Waals surface area contributed by atoms with Crippen molar-refractivity contribution in [2.45, 2.75) is 19.4 Å². The second-order valence-electron chi connectivity index (χ2n) is 5.53. The lowest BCUT2D eigenvalue weighted by Gasteiger charge is -2.32. The predicted octanol–water partition coefficient (Wildman–Crippen LogP) is 3.48. The molecule has 1 aliphatic heterocycles. The van der Waals surface area contributed by atoms with Crippen molar-refractivity contribution in [1.82, 2.24) is 0 Å². The molecule has 2 aromatic carbocycles. The Labute approximate surface area is 145 Å². The van der Waals surface area contributed by atoms with E-state index in [1.165, 1.54) is 0 Å². The number of carbonyl (C=O) groups excluding carboxylic acids is 2. The van der Waals surface area contributed by atoms with Crippen LogP contribution in [0.25, 0.3) is 0 Å². The Morgan fingerprint density at radius 3 is 2.83 bits per heavy atom. The van der Waals surface area contributed by atoms with Crippen molar-refractivity contribution in [1.29, 1.82) is 0 Å². The van der Waals surface area contributed by atoms with Crippen LogP contribution in [0, 0.1) is 0 Å². The van der Waals surface area contributed by atoms with Gasteiger partial charge in [0.15, 0.2) is 6.10 Å². The zero-order valence-corrected chi connectivity index (χ0v) is 13.9. The molecule has 124 valence electrons. The van der Waals surface area contributed by atoms with Crippen LogP contribution in [-0.4, -0.2) is 24.5 Å². The van der Waals surface area contributed by atoms with E-state index in [1.807, 2.05) is 24.3 Å².